The molecule has 0 radical (unpaired) electrons. The highest BCUT2D eigenvalue weighted by Gasteiger charge is 2.26. The zero-order valence-electron chi connectivity index (χ0n) is 10.7. The fraction of sp³-hybridized carbons (Fsp3) is 0.846. The van der Waals surface area contributed by atoms with E-state index < -0.39 is 0 Å². The predicted molar refractivity (Wildman–Crippen MR) is 69.0 cm³/mol. The molecule has 0 saturated heterocycles. The molecule has 90 valence electrons. The molecule has 0 saturated carbocycles. The van der Waals surface area contributed by atoms with Crippen LogP contribution in [0.1, 0.15) is 46.5 Å². The van der Waals surface area contributed by atoms with Crippen LogP contribution >= 0.6 is 0 Å². The van der Waals surface area contributed by atoms with Gasteiger partial charge < -0.3 is 11.1 Å². The second-order valence-electron chi connectivity index (χ2n) is 4.56. The molecule has 0 rings (SSSR count). The Morgan fingerprint density at radius 1 is 1.47 bits per heavy atom. The van der Waals surface area contributed by atoms with Gasteiger partial charge in [-0.2, -0.15) is 0 Å². The molecule has 2 nitrogen and oxygen atoms in total. The third-order valence-corrected chi connectivity index (χ3v) is 3.35. The van der Waals surface area contributed by atoms with Gasteiger partial charge in [-0.05, 0) is 31.7 Å². The zero-order valence-corrected chi connectivity index (χ0v) is 10.7. The topological polar surface area (TPSA) is 38.0 Å². The van der Waals surface area contributed by atoms with E-state index >= 15 is 0 Å². The first-order valence-corrected chi connectivity index (χ1v) is 6.20. The van der Waals surface area contributed by atoms with Gasteiger partial charge in [0.2, 0.25) is 0 Å². The van der Waals surface area contributed by atoms with Crippen LogP contribution in [0.25, 0.3) is 0 Å². The van der Waals surface area contributed by atoms with Crippen molar-refractivity contribution in [2.24, 2.45) is 11.7 Å². The summed E-state index contributed by atoms with van der Waals surface area (Å²) < 4.78 is 0. The second kappa shape index (κ2) is 7.89. The molecule has 0 heterocycles. The average molecular weight is 212 g/mol. The number of hydrogen-bond donors (Lipinski definition) is 2. The van der Waals surface area contributed by atoms with Crippen molar-refractivity contribution in [3.63, 3.8) is 0 Å². The molecule has 2 heteroatoms. The quantitative estimate of drug-likeness (QED) is 0.455. The van der Waals surface area contributed by atoms with Crippen LogP contribution < -0.4 is 11.1 Å². The van der Waals surface area contributed by atoms with Crippen molar-refractivity contribution < 1.29 is 0 Å². The smallest absolute Gasteiger partial charge is 0.0304 e. The van der Waals surface area contributed by atoms with E-state index in [1.54, 1.807) is 0 Å². The lowest BCUT2D eigenvalue weighted by molar-refractivity contribution is 0.256. The fourth-order valence-electron chi connectivity index (χ4n) is 1.89. The van der Waals surface area contributed by atoms with Crippen LogP contribution in [0, 0.1) is 5.92 Å². The van der Waals surface area contributed by atoms with Crippen molar-refractivity contribution >= 4 is 0 Å². The summed E-state index contributed by atoms with van der Waals surface area (Å²) in [6.45, 7) is 12.2. The van der Waals surface area contributed by atoms with Gasteiger partial charge >= 0.3 is 0 Å². The van der Waals surface area contributed by atoms with Crippen molar-refractivity contribution in [3.8, 4) is 0 Å². The maximum atomic E-state index is 5.92. The number of hydrogen-bond acceptors (Lipinski definition) is 2. The standard InChI is InChI=1S/C13H28N2/c1-5-8-9-15-13(7-3,11-14)10-12(4)6-2/h5,12,15H,1,6-11,14H2,2-4H3. The molecule has 0 aliphatic heterocycles. The molecule has 2 atom stereocenters. The van der Waals surface area contributed by atoms with Crippen LogP contribution in [-0.4, -0.2) is 18.6 Å². The molecule has 0 aromatic rings. The van der Waals surface area contributed by atoms with E-state index in [1.165, 1.54) is 12.8 Å². The Bertz CT molecular complexity index is 162. The van der Waals surface area contributed by atoms with E-state index in [0.717, 1.165) is 31.8 Å². The average Bonchev–Trinajstić information content (AvgIpc) is 2.27. The Labute approximate surface area is 95.3 Å². The molecule has 2 unspecified atom stereocenters. The molecule has 0 amide bonds. The maximum absolute atomic E-state index is 5.92. The molecular formula is C13H28N2. The Balaban J connectivity index is 4.22. The maximum Gasteiger partial charge on any atom is 0.0304 e. The highest BCUT2D eigenvalue weighted by Crippen LogP contribution is 2.21. The van der Waals surface area contributed by atoms with Gasteiger partial charge in [-0.15, -0.1) is 6.58 Å². The molecule has 0 bridgehead atoms. The molecular weight excluding hydrogens is 184 g/mol. The molecule has 0 aromatic carbocycles. The van der Waals surface area contributed by atoms with Crippen molar-refractivity contribution in [2.75, 3.05) is 13.1 Å². The first-order valence-electron chi connectivity index (χ1n) is 6.20. The van der Waals surface area contributed by atoms with Gasteiger partial charge in [-0.25, -0.2) is 0 Å². The first kappa shape index (κ1) is 14.7. The normalized spacial score (nSPS) is 17.1. The monoisotopic (exact) mass is 212 g/mol. The lowest BCUT2D eigenvalue weighted by Gasteiger charge is -2.35. The molecule has 3 N–H and O–H groups in total. The summed E-state index contributed by atoms with van der Waals surface area (Å²) in [5, 5.41) is 3.60. The van der Waals surface area contributed by atoms with Crippen LogP contribution in [0.5, 0.6) is 0 Å². The van der Waals surface area contributed by atoms with Gasteiger partial charge in [-0.1, -0.05) is 33.3 Å². The lowest BCUT2D eigenvalue weighted by Crippen LogP contribution is -2.52. The van der Waals surface area contributed by atoms with Gasteiger partial charge in [0.05, 0.1) is 0 Å². The van der Waals surface area contributed by atoms with Crippen LogP contribution in [0.15, 0.2) is 12.7 Å². The van der Waals surface area contributed by atoms with E-state index in [1.807, 2.05) is 6.08 Å². The SMILES string of the molecule is C=CCCNC(CC)(CN)CC(C)CC. The highest BCUT2D eigenvalue weighted by molar-refractivity contribution is 4.89. The second-order valence-corrected chi connectivity index (χ2v) is 4.56. The Morgan fingerprint density at radius 2 is 2.13 bits per heavy atom. The highest BCUT2D eigenvalue weighted by atomic mass is 15.0. The summed E-state index contributed by atoms with van der Waals surface area (Å²) in [5.74, 6) is 0.740. The zero-order chi connectivity index (χ0) is 11.7. The summed E-state index contributed by atoms with van der Waals surface area (Å²) in [6.07, 6.45) is 6.47. The Kier molecular flexibility index (Phi) is 7.71. The third kappa shape index (κ3) is 5.33. The van der Waals surface area contributed by atoms with Gasteiger partial charge in [0, 0.05) is 12.1 Å². The largest absolute Gasteiger partial charge is 0.329 e. The molecule has 0 aliphatic rings. The lowest BCUT2D eigenvalue weighted by atomic mass is 9.84. The van der Waals surface area contributed by atoms with E-state index in [0.29, 0.717) is 0 Å². The fourth-order valence-corrected chi connectivity index (χ4v) is 1.89. The van der Waals surface area contributed by atoms with Crippen molar-refractivity contribution in [1.29, 1.82) is 0 Å². The summed E-state index contributed by atoms with van der Waals surface area (Å²) in [7, 11) is 0. The number of nitrogens with one attached hydrogen (secondary N) is 1. The minimum Gasteiger partial charge on any atom is -0.329 e. The minimum absolute atomic E-state index is 0.137. The summed E-state index contributed by atoms with van der Waals surface area (Å²) in [5.41, 5.74) is 6.05. The number of rotatable bonds is 9. The summed E-state index contributed by atoms with van der Waals surface area (Å²) >= 11 is 0. The van der Waals surface area contributed by atoms with Crippen molar-refractivity contribution in [1.82, 2.24) is 5.32 Å². The minimum atomic E-state index is 0.137. The van der Waals surface area contributed by atoms with Crippen molar-refractivity contribution in [3.05, 3.63) is 12.7 Å². The first-order chi connectivity index (χ1) is 7.14. The molecule has 0 aliphatic carbocycles. The summed E-state index contributed by atoms with van der Waals surface area (Å²) in [6, 6.07) is 0. The van der Waals surface area contributed by atoms with E-state index in [-0.39, 0.29) is 5.54 Å². The van der Waals surface area contributed by atoms with Crippen molar-refractivity contribution in [2.45, 2.75) is 52.0 Å². The van der Waals surface area contributed by atoms with E-state index in [2.05, 4.69) is 32.7 Å². The van der Waals surface area contributed by atoms with Crippen LogP contribution in [0.2, 0.25) is 0 Å². The van der Waals surface area contributed by atoms with Gasteiger partial charge in [0.1, 0.15) is 0 Å². The predicted octanol–water partition coefficient (Wildman–Crippen LogP) is 2.70. The molecule has 0 spiro atoms. The number of nitrogens with two attached hydrogens (primary N) is 1. The van der Waals surface area contributed by atoms with E-state index in [9.17, 15) is 0 Å². The van der Waals surface area contributed by atoms with E-state index in [4.69, 9.17) is 5.73 Å². The van der Waals surface area contributed by atoms with Crippen LogP contribution in [0.4, 0.5) is 0 Å². The Morgan fingerprint density at radius 3 is 2.53 bits per heavy atom. The Hall–Kier alpha value is -0.340. The van der Waals surface area contributed by atoms with Gasteiger partial charge in [-0.3, -0.25) is 0 Å². The van der Waals surface area contributed by atoms with Gasteiger partial charge in [0.15, 0.2) is 0 Å². The summed E-state index contributed by atoms with van der Waals surface area (Å²) in [4.78, 5) is 0. The third-order valence-electron chi connectivity index (χ3n) is 3.35. The van der Waals surface area contributed by atoms with Gasteiger partial charge in [0.25, 0.3) is 0 Å². The van der Waals surface area contributed by atoms with Crippen LogP contribution in [-0.2, 0) is 0 Å². The molecule has 0 aromatic heterocycles. The molecule has 0 fully saturated rings. The van der Waals surface area contributed by atoms with Crippen LogP contribution in [0.3, 0.4) is 0 Å². The molecule has 15 heavy (non-hydrogen) atoms.